The first-order valence-corrected chi connectivity index (χ1v) is 18.3. The Balaban J connectivity index is 1.22. The fourth-order valence-corrected chi connectivity index (χ4v) is 5.48. The fourth-order valence-electron chi connectivity index (χ4n) is 5.48. The molecule has 0 heterocycles. The molecule has 4 N–H and O–H groups in total. The zero-order valence-corrected chi connectivity index (χ0v) is 32.6. The lowest BCUT2D eigenvalue weighted by molar-refractivity contribution is 0.00532. The van der Waals surface area contributed by atoms with E-state index in [2.05, 4.69) is 10.6 Å². The van der Waals surface area contributed by atoms with Gasteiger partial charge in [-0.2, -0.15) is 0 Å². The van der Waals surface area contributed by atoms with Crippen LogP contribution in [0.3, 0.4) is 0 Å². The smallest absolute Gasteiger partial charge is 0.188 e. The number of hydrogen-bond donors (Lipinski definition) is 4. The Kier molecular flexibility index (Phi) is 20.4. The van der Waals surface area contributed by atoms with E-state index in [1.165, 1.54) is 0 Å². The van der Waals surface area contributed by atoms with E-state index in [0.717, 1.165) is 22.3 Å². The molecule has 4 aromatic rings. The lowest BCUT2D eigenvalue weighted by atomic mass is 10.0. The van der Waals surface area contributed by atoms with Gasteiger partial charge < -0.3 is 68.2 Å². The molecule has 14 heteroatoms. The second-order valence-corrected chi connectivity index (χ2v) is 12.6. The molecule has 0 aliphatic rings. The van der Waals surface area contributed by atoms with E-state index in [1.807, 2.05) is 97.1 Å². The van der Waals surface area contributed by atoms with Crippen LogP contribution in [0.25, 0.3) is 0 Å². The highest BCUT2D eigenvalue weighted by molar-refractivity contribution is 5.38. The fraction of sp³-hybridized carbons (Fsp3) is 0.429. The van der Waals surface area contributed by atoms with Crippen LogP contribution in [0, 0.1) is 0 Å². The number of hydrogen-bond acceptors (Lipinski definition) is 14. The van der Waals surface area contributed by atoms with Crippen LogP contribution in [0.1, 0.15) is 34.5 Å². The van der Waals surface area contributed by atoms with Crippen molar-refractivity contribution in [2.24, 2.45) is 0 Å². The Morgan fingerprint density at radius 2 is 0.661 bits per heavy atom. The molecule has 4 rings (SSSR count). The van der Waals surface area contributed by atoms with E-state index in [4.69, 9.17) is 47.4 Å². The van der Waals surface area contributed by atoms with Crippen LogP contribution in [0.5, 0.6) is 23.0 Å². The Morgan fingerprint density at radius 3 is 0.893 bits per heavy atom. The van der Waals surface area contributed by atoms with Gasteiger partial charge in [0.2, 0.25) is 0 Å². The number of rotatable bonds is 29. The molecule has 0 radical (unpaired) electrons. The predicted octanol–water partition coefficient (Wildman–Crippen LogP) is 4.43. The molecule has 14 nitrogen and oxygen atoms in total. The average Bonchev–Trinajstić information content (AvgIpc) is 3.23. The van der Waals surface area contributed by atoms with E-state index in [0.29, 0.717) is 49.2 Å². The number of nitrogens with one attached hydrogen (secondary N) is 2. The molecule has 0 saturated heterocycles. The van der Waals surface area contributed by atoms with Crippen molar-refractivity contribution < 1.29 is 57.6 Å². The minimum absolute atomic E-state index is 0.0952. The Hall–Kier alpha value is -4.32. The van der Waals surface area contributed by atoms with Gasteiger partial charge >= 0.3 is 0 Å². The monoisotopic (exact) mass is 780 g/mol. The van der Waals surface area contributed by atoms with Gasteiger partial charge in [-0.25, -0.2) is 0 Å². The van der Waals surface area contributed by atoms with Gasteiger partial charge in [0.25, 0.3) is 0 Å². The van der Waals surface area contributed by atoms with Crippen molar-refractivity contribution in [1.82, 2.24) is 10.6 Å². The maximum Gasteiger partial charge on any atom is 0.188 e. The highest BCUT2D eigenvalue weighted by Crippen LogP contribution is 2.31. The van der Waals surface area contributed by atoms with Crippen molar-refractivity contribution in [2.45, 2.75) is 24.4 Å². The SMILES string of the molecule is COCOc1ccc(C(OC[C@H](O)CNCCNC[C@@H](O)COC(c2ccc(OCOC)cc2)c2ccc(OCOC)cc2)c2ccc(OCOC)cc2)cc1. The third-order valence-corrected chi connectivity index (χ3v) is 8.25. The number of aliphatic hydroxyl groups excluding tert-OH is 2. The molecular formula is C42H56N2O12. The predicted molar refractivity (Wildman–Crippen MR) is 209 cm³/mol. The molecule has 0 amide bonds. The van der Waals surface area contributed by atoms with Crippen molar-refractivity contribution in [3.05, 3.63) is 119 Å². The summed E-state index contributed by atoms with van der Waals surface area (Å²) in [7, 11) is 6.28. The zero-order valence-electron chi connectivity index (χ0n) is 32.6. The van der Waals surface area contributed by atoms with Crippen molar-refractivity contribution in [3.63, 3.8) is 0 Å². The van der Waals surface area contributed by atoms with Crippen LogP contribution in [-0.4, -0.2) is 117 Å². The van der Waals surface area contributed by atoms with Gasteiger partial charge in [-0.1, -0.05) is 48.5 Å². The van der Waals surface area contributed by atoms with E-state index in [9.17, 15) is 10.2 Å². The highest BCUT2D eigenvalue weighted by atomic mass is 16.7. The van der Waals surface area contributed by atoms with Gasteiger partial charge in [0.1, 0.15) is 35.2 Å². The molecule has 0 aliphatic heterocycles. The Morgan fingerprint density at radius 1 is 0.411 bits per heavy atom. The van der Waals surface area contributed by atoms with Gasteiger partial charge in [-0.15, -0.1) is 0 Å². The third kappa shape index (κ3) is 15.7. The average molecular weight is 781 g/mol. The summed E-state index contributed by atoms with van der Waals surface area (Å²) in [5.41, 5.74) is 3.59. The molecule has 56 heavy (non-hydrogen) atoms. The van der Waals surface area contributed by atoms with Crippen molar-refractivity contribution in [2.75, 3.05) is 95.0 Å². The number of methoxy groups -OCH3 is 4. The third-order valence-electron chi connectivity index (χ3n) is 8.25. The minimum Gasteiger partial charge on any atom is -0.468 e. The van der Waals surface area contributed by atoms with Crippen LogP contribution in [0.2, 0.25) is 0 Å². The first-order valence-electron chi connectivity index (χ1n) is 18.3. The van der Waals surface area contributed by atoms with Crippen LogP contribution >= 0.6 is 0 Å². The van der Waals surface area contributed by atoms with E-state index in [-0.39, 0.29) is 40.4 Å². The maximum atomic E-state index is 10.8. The maximum absolute atomic E-state index is 10.8. The Labute approximate surface area is 329 Å². The zero-order chi connectivity index (χ0) is 39.8. The number of aliphatic hydroxyl groups is 2. The van der Waals surface area contributed by atoms with E-state index >= 15 is 0 Å². The standard InChI is InChI=1S/C42H56N2O12/c1-47-27-53-37-13-5-31(6-14-37)41(32-7-15-38(16-8-32)54-28-48-2)51-25-35(45)23-43-21-22-44-24-36(46)26-52-42(33-9-17-39(18-10-33)55-29-49-3)34-11-19-40(20-12-34)56-30-50-4/h5-20,35-36,41-46H,21-30H2,1-4H3/t35-,36-/m1/s1. The number of benzene rings is 4. The highest BCUT2D eigenvalue weighted by Gasteiger charge is 2.19. The van der Waals surface area contributed by atoms with Crippen molar-refractivity contribution >= 4 is 0 Å². The van der Waals surface area contributed by atoms with Gasteiger partial charge in [-0.3, -0.25) is 0 Å². The van der Waals surface area contributed by atoms with Crippen molar-refractivity contribution in [3.8, 4) is 23.0 Å². The normalized spacial score (nSPS) is 12.5. The molecule has 0 spiro atoms. The van der Waals surface area contributed by atoms with Crippen LogP contribution in [0.15, 0.2) is 97.1 Å². The molecular weight excluding hydrogens is 724 g/mol. The molecule has 4 aromatic carbocycles. The topological polar surface area (TPSA) is 157 Å². The quantitative estimate of drug-likeness (QED) is 0.0454. The summed E-state index contributed by atoms with van der Waals surface area (Å²) in [5.74, 6) is 2.69. The largest absolute Gasteiger partial charge is 0.468 e. The summed E-state index contributed by atoms with van der Waals surface area (Å²) in [4.78, 5) is 0. The molecule has 0 aromatic heterocycles. The second kappa shape index (κ2) is 25.8. The first-order chi connectivity index (χ1) is 27.4. The summed E-state index contributed by atoms with van der Waals surface area (Å²) >= 11 is 0. The summed E-state index contributed by atoms with van der Waals surface area (Å²) < 4.78 is 54.7. The summed E-state index contributed by atoms with van der Waals surface area (Å²) in [6.07, 6.45) is -2.40. The van der Waals surface area contributed by atoms with Crippen LogP contribution in [-0.2, 0) is 28.4 Å². The summed E-state index contributed by atoms with van der Waals surface area (Å²) in [6, 6.07) is 30.2. The van der Waals surface area contributed by atoms with Crippen LogP contribution < -0.4 is 29.6 Å². The summed E-state index contributed by atoms with van der Waals surface area (Å²) in [6.45, 7) is 2.57. The molecule has 0 unspecified atom stereocenters. The lowest BCUT2D eigenvalue weighted by Crippen LogP contribution is -2.38. The summed E-state index contributed by atoms with van der Waals surface area (Å²) in [5, 5.41) is 28.0. The molecule has 306 valence electrons. The minimum atomic E-state index is -0.761. The Bertz CT molecular complexity index is 1370. The first kappa shape index (κ1) is 44.4. The lowest BCUT2D eigenvalue weighted by Gasteiger charge is -2.22. The van der Waals surface area contributed by atoms with E-state index < -0.39 is 24.4 Å². The number of ether oxygens (including phenoxy) is 10. The van der Waals surface area contributed by atoms with Gasteiger partial charge in [0, 0.05) is 54.6 Å². The van der Waals surface area contributed by atoms with Gasteiger partial charge in [0.05, 0.1) is 25.4 Å². The van der Waals surface area contributed by atoms with Gasteiger partial charge in [0.15, 0.2) is 27.2 Å². The molecule has 2 atom stereocenters. The molecule has 0 aliphatic carbocycles. The molecule has 0 bridgehead atoms. The van der Waals surface area contributed by atoms with Crippen LogP contribution in [0.4, 0.5) is 0 Å². The molecule has 0 saturated carbocycles. The van der Waals surface area contributed by atoms with Crippen molar-refractivity contribution in [1.29, 1.82) is 0 Å². The second-order valence-electron chi connectivity index (χ2n) is 12.6. The van der Waals surface area contributed by atoms with E-state index in [1.54, 1.807) is 28.4 Å². The van der Waals surface area contributed by atoms with Gasteiger partial charge in [-0.05, 0) is 70.8 Å². The molecule has 0 fully saturated rings.